The predicted octanol–water partition coefficient (Wildman–Crippen LogP) is 1.78. The first kappa shape index (κ1) is 11.3. The Kier molecular flexibility index (Phi) is 2.41. The van der Waals surface area contributed by atoms with Crippen LogP contribution in [0.1, 0.15) is 11.3 Å². The van der Waals surface area contributed by atoms with E-state index in [2.05, 4.69) is 4.98 Å². The molecule has 1 aliphatic carbocycles. The van der Waals surface area contributed by atoms with Gasteiger partial charge in [0.05, 0.1) is 11.3 Å². The van der Waals surface area contributed by atoms with Gasteiger partial charge in [0.25, 0.3) is 5.56 Å². The molecular weight excluding hydrogens is 250 g/mol. The molecule has 3 rings (SSSR count). The van der Waals surface area contributed by atoms with Gasteiger partial charge in [-0.15, -0.1) is 0 Å². The lowest BCUT2D eigenvalue weighted by Gasteiger charge is -2.19. The molecule has 5 heteroatoms. The third kappa shape index (κ3) is 1.53. The van der Waals surface area contributed by atoms with Gasteiger partial charge in [0.15, 0.2) is 0 Å². The average Bonchev–Trinajstić information content (AvgIpc) is 2.35. The van der Waals surface area contributed by atoms with Crippen LogP contribution in [0.3, 0.4) is 0 Å². The first-order valence-corrected chi connectivity index (χ1v) is 6.10. The fraction of sp³-hybridized carbons (Fsp3) is 0.231. The number of nitrogens with two attached hydrogens (primary N) is 1. The van der Waals surface area contributed by atoms with Crippen molar-refractivity contribution in [2.75, 3.05) is 5.73 Å². The highest BCUT2D eigenvalue weighted by Gasteiger charge is 2.22. The molecule has 92 valence electrons. The molecule has 1 heterocycles. The lowest BCUT2D eigenvalue weighted by atomic mass is 9.89. The van der Waals surface area contributed by atoms with Gasteiger partial charge >= 0.3 is 0 Å². The van der Waals surface area contributed by atoms with Crippen molar-refractivity contribution in [1.82, 2.24) is 9.55 Å². The van der Waals surface area contributed by atoms with E-state index in [0.717, 1.165) is 29.7 Å². The van der Waals surface area contributed by atoms with Gasteiger partial charge < -0.3 is 5.73 Å². The van der Waals surface area contributed by atoms with Crippen LogP contribution >= 0.6 is 11.6 Å². The van der Waals surface area contributed by atoms with E-state index in [1.54, 1.807) is 13.1 Å². The highest BCUT2D eigenvalue weighted by molar-refractivity contribution is 6.30. The third-order valence-electron chi connectivity index (χ3n) is 3.37. The second-order valence-corrected chi connectivity index (χ2v) is 4.89. The summed E-state index contributed by atoms with van der Waals surface area (Å²) in [6.45, 7) is 0. The highest BCUT2D eigenvalue weighted by Crippen LogP contribution is 2.31. The molecule has 0 aliphatic heterocycles. The number of nitrogen functional groups attached to an aromatic ring is 1. The van der Waals surface area contributed by atoms with E-state index >= 15 is 0 Å². The number of nitrogens with zero attached hydrogens (tertiary/aromatic N) is 2. The lowest BCUT2D eigenvalue weighted by Crippen LogP contribution is -2.27. The molecule has 0 fully saturated rings. The molecule has 18 heavy (non-hydrogen) atoms. The van der Waals surface area contributed by atoms with Gasteiger partial charge in [-0.05, 0) is 36.1 Å². The van der Waals surface area contributed by atoms with Crippen LogP contribution in [-0.4, -0.2) is 9.55 Å². The number of rotatable bonds is 0. The Balaban J connectivity index is 2.36. The molecule has 0 unspecified atom stereocenters. The molecule has 0 spiro atoms. The van der Waals surface area contributed by atoms with Crippen molar-refractivity contribution in [3.05, 3.63) is 44.8 Å². The molecule has 1 aliphatic rings. The summed E-state index contributed by atoms with van der Waals surface area (Å²) in [5.74, 6) is 0.260. The summed E-state index contributed by atoms with van der Waals surface area (Å²) in [5.41, 5.74) is 9.08. The van der Waals surface area contributed by atoms with Crippen LogP contribution in [0.15, 0.2) is 23.0 Å². The van der Waals surface area contributed by atoms with E-state index in [0.29, 0.717) is 10.6 Å². The summed E-state index contributed by atoms with van der Waals surface area (Å²) in [7, 11) is 1.63. The van der Waals surface area contributed by atoms with E-state index in [4.69, 9.17) is 17.3 Å². The predicted molar refractivity (Wildman–Crippen MR) is 71.7 cm³/mol. The zero-order chi connectivity index (χ0) is 12.9. The summed E-state index contributed by atoms with van der Waals surface area (Å²) < 4.78 is 1.38. The molecule has 2 aromatic rings. The van der Waals surface area contributed by atoms with Gasteiger partial charge in [0, 0.05) is 12.1 Å². The summed E-state index contributed by atoms with van der Waals surface area (Å²) >= 11 is 5.98. The number of hydrogen-bond donors (Lipinski definition) is 1. The van der Waals surface area contributed by atoms with Crippen LogP contribution in [0.4, 0.5) is 5.95 Å². The van der Waals surface area contributed by atoms with Crippen LogP contribution in [0.5, 0.6) is 0 Å². The topological polar surface area (TPSA) is 60.9 Å². The zero-order valence-corrected chi connectivity index (χ0v) is 10.7. The highest BCUT2D eigenvalue weighted by atomic mass is 35.5. The first-order chi connectivity index (χ1) is 8.58. The Morgan fingerprint density at radius 3 is 2.94 bits per heavy atom. The molecule has 0 radical (unpaired) electrons. The number of fused-ring (bicyclic) bond motifs is 3. The van der Waals surface area contributed by atoms with Crippen LogP contribution in [-0.2, 0) is 19.9 Å². The van der Waals surface area contributed by atoms with E-state index in [1.807, 2.05) is 12.1 Å². The average molecular weight is 262 g/mol. The summed E-state index contributed by atoms with van der Waals surface area (Å²) in [6, 6.07) is 5.59. The summed E-state index contributed by atoms with van der Waals surface area (Å²) in [6.07, 6.45) is 1.56. The zero-order valence-electron chi connectivity index (χ0n) is 9.90. The maximum Gasteiger partial charge on any atom is 0.262 e. The maximum absolute atomic E-state index is 12.3. The Bertz CT molecular complexity index is 706. The minimum atomic E-state index is -0.0965. The SMILES string of the molecule is Cn1c(N)nc2c(c1=O)-c1ccc(Cl)cc1CC2. The van der Waals surface area contributed by atoms with Crippen LogP contribution in [0.25, 0.3) is 11.1 Å². The number of aryl methyl sites for hydroxylation is 2. The van der Waals surface area contributed by atoms with Crippen molar-refractivity contribution < 1.29 is 0 Å². The van der Waals surface area contributed by atoms with E-state index < -0.39 is 0 Å². The van der Waals surface area contributed by atoms with Crippen LogP contribution in [0.2, 0.25) is 5.02 Å². The molecule has 1 aromatic carbocycles. The van der Waals surface area contributed by atoms with Crippen molar-refractivity contribution in [1.29, 1.82) is 0 Å². The molecule has 0 atom stereocenters. The second kappa shape index (κ2) is 3.85. The molecule has 2 N–H and O–H groups in total. The second-order valence-electron chi connectivity index (χ2n) is 4.46. The Morgan fingerprint density at radius 2 is 2.17 bits per heavy atom. The fourth-order valence-electron chi connectivity index (χ4n) is 2.38. The molecule has 0 saturated carbocycles. The van der Waals surface area contributed by atoms with E-state index in [-0.39, 0.29) is 11.5 Å². The van der Waals surface area contributed by atoms with Gasteiger partial charge in [0.1, 0.15) is 0 Å². The first-order valence-electron chi connectivity index (χ1n) is 5.72. The number of benzene rings is 1. The summed E-state index contributed by atoms with van der Waals surface area (Å²) in [5, 5.41) is 0.692. The maximum atomic E-state index is 12.3. The van der Waals surface area contributed by atoms with Gasteiger partial charge in [-0.2, -0.15) is 0 Å². The Labute approximate surface area is 109 Å². The normalized spacial score (nSPS) is 13.0. The number of halogens is 1. The molecule has 4 nitrogen and oxygen atoms in total. The van der Waals surface area contributed by atoms with Crippen molar-refractivity contribution in [3.63, 3.8) is 0 Å². The lowest BCUT2D eigenvalue weighted by molar-refractivity contribution is 0.799. The Hall–Kier alpha value is -1.81. The van der Waals surface area contributed by atoms with Crippen molar-refractivity contribution >= 4 is 17.5 Å². The Morgan fingerprint density at radius 1 is 1.39 bits per heavy atom. The molecular formula is C13H12ClN3O. The molecule has 0 amide bonds. The third-order valence-corrected chi connectivity index (χ3v) is 3.60. The quantitative estimate of drug-likeness (QED) is 0.786. The number of aromatic nitrogens is 2. The number of anilines is 1. The van der Waals surface area contributed by atoms with Crippen LogP contribution in [0, 0.1) is 0 Å². The van der Waals surface area contributed by atoms with Gasteiger partial charge in [-0.25, -0.2) is 4.98 Å². The summed E-state index contributed by atoms with van der Waals surface area (Å²) in [4.78, 5) is 16.6. The van der Waals surface area contributed by atoms with Crippen molar-refractivity contribution in [2.45, 2.75) is 12.8 Å². The minimum Gasteiger partial charge on any atom is -0.369 e. The smallest absolute Gasteiger partial charge is 0.262 e. The van der Waals surface area contributed by atoms with Crippen molar-refractivity contribution in [3.8, 4) is 11.1 Å². The van der Waals surface area contributed by atoms with Gasteiger partial charge in [0.2, 0.25) is 5.95 Å². The number of hydrogen-bond acceptors (Lipinski definition) is 3. The molecule has 1 aromatic heterocycles. The standard InChI is InChI=1S/C13H12ClN3O/c1-17-12(18)11-9-4-3-8(14)6-7(9)2-5-10(11)16-13(17)15/h3-4,6H,2,5H2,1H3,(H2,15,16). The monoisotopic (exact) mass is 261 g/mol. The van der Waals surface area contributed by atoms with Crippen molar-refractivity contribution in [2.24, 2.45) is 7.05 Å². The van der Waals surface area contributed by atoms with E-state index in [1.165, 1.54) is 4.57 Å². The van der Waals surface area contributed by atoms with Gasteiger partial charge in [-0.3, -0.25) is 9.36 Å². The van der Waals surface area contributed by atoms with E-state index in [9.17, 15) is 4.79 Å². The molecule has 0 bridgehead atoms. The largest absolute Gasteiger partial charge is 0.369 e. The van der Waals surface area contributed by atoms with Crippen LogP contribution < -0.4 is 11.3 Å². The fourth-order valence-corrected chi connectivity index (χ4v) is 2.58. The minimum absolute atomic E-state index is 0.0965. The molecule has 0 saturated heterocycles. The van der Waals surface area contributed by atoms with Gasteiger partial charge in [-0.1, -0.05) is 17.7 Å².